The molecule has 0 radical (unpaired) electrons. The molecule has 1 heterocycles. The second-order valence-corrected chi connectivity index (χ2v) is 4.56. The van der Waals surface area contributed by atoms with Crippen molar-refractivity contribution in [3.05, 3.63) is 11.8 Å². The molecule has 1 aromatic heterocycles. The van der Waals surface area contributed by atoms with Gasteiger partial charge in [-0.1, -0.05) is 13.8 Å². The summed E-state index contributed by atoms with van der Waals surface area (Å²) in [4.78, 5) is 24.8. The summed E-state index contributed by atoms with van der Waals surface area (Å²) in [7, 11) is 1.55. The quantitative estimate of drug-likeness (QED) is 0.678. The molecular weight excluding hydrogens is 234 g/mol. The standard InChI is InChI=1S/C11H19N5O2/c1-7(2)4-13-9(17)6-16(3)11(18)8-5-14-15-10(8)12/h5,7H,4,6H2,1-3H3,(H,13,17)(H3,12,14,15). The number of carbonyl (C=O) groups excluding carboxylic acids is 2. The van der Waals surface area contributed by atoms with Gasteiger partial charge in [-0.15, -0.1) is 0 Å². The second kappa shape index (κ2) is 6.04. The van der Waals surface area contributed by atoms with Gasteiger partial charge in [0.1, 0.15) is 11.4 Å². The molecule has 0 unspecified atom stereocenters. The fraction of sp³-hybridized carbons (Fsp3) is 0.545. The van der Waals surface area contributed by atoms with E-state index < -0.39 is 0 Å². The highest BCUT2D eigenvalue weighted by Crippen LogP contribution is 2.08. The molecule has 0 aliphatic heterocycles. The number of nitrogen functional groups attached to an aromatic ring is 1. The number of hydrogen-bond acceptors (Lipinski definition) is 4. The average molecular weight is 253 g/mol. The minimum absolute atomic E-state index is 0.00380. The summed E-state index contributed by atoms with van der Waals surface area (Å²) in [5, 5.41) is 8.88. The molecule has 0 spiro atoms. The van der Waals surface area contributed by atoms with Crippen LogP contribution in [0.1, 0.15) is 24.2 Å². The van der Waals surface area contributed by atoms with Gasteiger partial charge in [-0.05, 0) is 5.92 Å². The Bertz CT molecular complexity index is 427. The van der Waals surface area contributed by atoms with Crippen LogP contribution in [0.15, 0.2) is 6.20 Å². The molecule has 0 aromatic carbocycles. The first kappa shape index (κ1) is 14.0. The first-order valence-corrected chi connectivity index (χ1v) is 5.72. The van der Waals surface area contributed by atoms with Crippen LogP contribution in [0.5, 0.6) is 0 Å². The van der Waals surface area contributed by atoms with E-state index >= 15 is 0 Å². The number of aromatic amines is 1. The lowest BCUT2D eigenvalue weighted by Gasteiger charge is -2.16. The maximum absolute atomic E-state index is 11.9. The Kier molecular flexibility index (Phi) is 4.70. The van der Waals surface area contributed by atoms with Gasteiger partial charge in [0.2, 0.25) is 5.91 Å². The molecule has 2 amide bonds. The lowest BCUT2D eigenvalue weighted by molar-refractivity contribution is -0.121. The number of likely N-dealkylation sites (N-methyl/N-ethyl adjacent to an activating group) is 1. The van der Waals surface area contributed by atoms with Crippen molar-refractivity contribution in [2.24, 2.45) is 5.92 Å². The molecular formula is C11H19N5O2. The van der Waals surface area contributed by atoms with Gasteiger partial charge in [0.15, 0.2) is 0 Å². The van der Waals surface area contributed by atoms with Crippen molar-refractivity contribution in [2.75, 3.05) is 25.9 Å². The molecule has 18 heavy (non-hydrogen) atoms. The molecule has 0 saturated heterocycles. The highest BCUT2D eigenvalue weighted by atomic mass is 16.2. The molecule has 7 nitrogen and oxygen atoms in total. The summed E-state index contributed by atoms with van der Waals surface area (Å²) >= 11 is 0. The van der Waals surface area contributed by atoms with E-state index in [0.29, 0.717) is 12.5 Å². The van der Waals surface area contributed by atoms with Crippen LogP contribution in [0.2, 0.25) is 0 Å². The zero-order valence-corrected chi connectivity index (χ0v) is 10.9. The van der Waals surface area contributed by atoms with Gasteiger partial charge in [-0.2, -0.15) is 5.10 Å². The van der Waals surface area contributed by atoms with Crippen LogP contribution >= 0.6 is 0 Å². The molecule has 1 aromatic rings. The molecule has 4 N–H and O–H groups in total. The largest absolute Gasteiger partial charge is 0.383 e. The van der Waals surface area contributed by atoms with Crippen molar-refractivity contribution in [2.45, 2.75) is 13.8 Å². The molecule has 1 rings (SSSR count). The lowest BCUT2D eigenvalue weighted by Crippen LogP contribution is -2.39. The number of anilines is 1. The van der Waals surface area contributed by atoms with E-state index in [4.69, 9.17) is 5.73 Å². The van der Waals surface area contributed by atoms with Gasteiger partial charge in [-0.3, -0.25) is 14.7 Å². The van der Waals surface area contributed by atoms with Crippen molar-refractivity contribution in [3.63, 3.8) is 0 Å². The minimum atomic E-state index is -0.332. The maximum atomic E-state index is 11.9. The topological polar surface area (TPSA) is 104 Å². The smallest absolute Gasteiger partial charge is 0.259 e. The minimum Gasteiger partial charge on any atom is -0.383 e. The summed E-state index contributed by atoms with van der Waals surface area (Å²) in [5.74, 6) is 0.0523. The lowest BCUT2D eigenvalue weighted by atomic mass is 10.2. The number of nitrogens with zero attached hydrogens (tertiary/aromatic N) is 2. The number of aromatic nitrogens is 2. The average Bonchev–Trinajstić information content (AvgIpc) is 2.71. The molecule has 0 atom stereocenters. The van der Waals surface area contributed by atoms with Crippen molar-refractivity contribution in [3.8, 4) is 0 Å². The van der Waals surface area contributed by atoms with E-state index in [1.165, 1.54) is 11.1 Å². The van der Waals surface area contributed by atoms with Crippen molar-refractivity contribution >= 4 is 17.6 Å². The molecule has 0 aliphatic rings. The Morgan fingerprint density at radius 2 is 2.22 bits per heavy atom. The van der Waals surface area contributed by atoms with E-state index in [9.17, 15) is 9.59 Å². The first-order valence-electron chi connectivity index (χ1n) is 5.72. The summed E-state index contributed by atoms with van der Waals surface area (Å²) < 4.78 is 0. The summed E-state index contributed by atoms with van der Waals surface area (Å²) in [6, 6.07) is 0. The molecule has 0 bridgehead atoms. The second-order valence-electron chi connectivity index (χ2n) is 4.56. The predicted octanol–water partition coefficient (Wildman–Crippen LogP) is -0.164. The Morgan fingerprint density at radius 3 is 2.72 bits per heavy atom. The predicted molar refractivity (Wildman–Crippen MR) is 67.8 cm³/mol. The normalized spacial score (nSPS) is 10.4. The SMILES string of the molecule is CC(C)CNC(=O)CN(C)C(=O)c1cn[nH]c1N. The third-order valence-corrected chi connectivity index (χ3v) is 2.33. The fourth-order valence-electron chi connectivity index (χ4n) is 1.33. The highest BCUT2D eigenvalue weighted by Gasteiger charge is 2.18. The highest BCUT2D eigenvalue weighted by molar-refractivity contribution is 5.99. The van der Waals surface area contributed by atoms with Gasteiger partial charge in [0.25, 0.3) is 5.91 Å². The van der Waals surface area contributed by atoms with E-state index in [1.54, 1.807) is 7.05 Å². The molecule has 100 valence electrons. The number of nitrogens with one attached hydrogen (secondary N) is 2. The Labute approximate surface area is 106 Å². The third kappa shape index (κ3) is 3.76. The van der Waals surface area contributed by atoms with Gasteiger partial charge in [0, 0.05) is 13.6 Å². The number of amides is 2. The van der Waals surface area contributed by atoms with E-state index in [2.05, 4.69) is 15.5 Å². The van der Waals surface area contributed by atoms with E-state index in [-0.39, 0.29) is 29.7 Å². The van der Waals surface area contributed by atoms with Crippen LogP contribution in [0, 0.1) is 5.92 Å². The van der Waals surface area contributed by atoms with Gasteiger partial charge in [-0.25, -0.2) is 0 Å². The third-order valence-electron chi connectivity index (χ3n) is 2.33. The first-order chi connectivity index (χ1) is 8.41. The number of carbonyl (C=O) groups is 2. The van der Waals surface area contributed by atoms with Crippen molar-refractivity contribution < 1.29 is 9.59 Å². The zero-order valence-electron chi connectivity index (χ0n) is 10.9. The van der Waals surface area contributed by atoms with Crippen LogP contribution in [0.4, 0.5) is 5.82 Å². The number of nitrogens with two attached hydrogens (primary N) is 1. The summed E-state index contributed by atoms with van der Waals surface area (Å²) in [6.07, 6.45) is 1.35. The van der Waals surface area contributed by atoms with Gasteiger partial charge in [0.05, 0.1) is 12.7 Å². The van der Waals surface area contributed by atoms with Crippen LogP contribution < -0.4 is 11.1 Å². The molecule has 7 heteroatoms. The fourth-order valence-corrected chi connectivity index (χ4v) is 1.33. The van der Waals surface area contributed by atoms with Crippen molar-refractivity contribution in [1.29, 1.82) is 0 Å². The zero-order chi connectivity index (χ0) is 13.7. The van der Waals surface area contributed by atoms with Crippen molar-refractivity contribution in [1.82, 2.24) is 20.4 Å². The van der Waals surface area contributed by atoms with Crippen LogP contribution in [-0.4, -0.2) is 47.0 Å². The molecule has 0 saturated carbocycles. The number of hydrogen-bond donors (Lipinski definition) is 3. The van der Waals surface area contributed by atoms with E-state index in [0.717, 1.165) is 0 Å². The Balaban J connectivity index is 2.50. The number of H-pyrrole nitrogens is 1. The van der Waals surface area contributed by atoms with E-state index in [1.807, 2.05) is 13.8 Å². The number of rotatable bonds is 5. The van der Waals surface area contributed by atoms with Crippen LogP contribution in [0.3, 0.4) is 0 Å². The monoisotopic (exact) mass is 253 g/mol. The summed E-state index contributed by atoms with van der Waals surface area (Å²) in [6.45, 7) is 4.59. The maximum Gasteiger partial charge on any atom is 0.259 e. The Morgan fingerprint density at radius 1 is 1.56 bits per heavy atom. The molecule has 0 aliphatic carbocycles. The summed E-state index contributed by atoms with van der Waals surface area (Å²) in [5.41, 5.74) is 5.81. The van der Waals surface area contributed by atoms with Gasteiger partial charge < -0.3 is 16.0 Å². The Hall–Kier alpha value is -2.05. The van der Waals surface area contributed by atoms with Crippen LogP contribution in [0.25, 0.3) is 0 Å². The van der Waals surface area contributed by atoms with Gasteiger partial charge >= 0.3 is 0 Å². The van der Waals surface area contributed by atoms with Crippen LogP contribution in [-0.2, 0) is 4.79 Å². The molecule has 0 fully saturated rings.